The fourth-order valence-corrected chi connectivity index (χ4v) is 3.46. The van der Waals surface area contributed by atoms with E-state index >= 15 is 0 Å². The molecule has 2 aromatic rings. The number of rotatable bonds is 4. The summed E-state index contributed by atoms with van der Waals surface area (Å²) in [6, 6.07) is 13.9. The van der Waals surface area contributed by atoms with Gasteiger partial charge in [-0.2, -0.15) is 0 Å². The van der Waals surface area contributed by atoms with Gasteiger partial charge in [-0.25, -0.2) is 0 Å². The van der Waals surface area contributed by atoms with E-state index in [1.54, 1.807) is 12.1 Å². The van der Waals surface area contributed by atoms with Crippen LogP contribution in [0.4, 0.5) is 0 Å². The zero-order valence-corrected chi connectivity index (χ0v) is 15.8. The first kappa shape index (κ1) is 17.8. The Kier molecular flexibility index (Phi) is 5.07. The van der Waals surface area contributed by atoms with Crippen molar-refractivity contribution in [2.24, 2.45) is 0 Å². The highest BCUT2D eigenvalue weighted by Crippen LogP contribution is 2.30. The maximum atomic E-state index is 10.3. The highest BCUT2D eigenvalue weighted by atomic mass is 35.5. The molecule has 3 nitrogen and oxygen atoms in total. The summed E-state index contributed by atoms with van der Waals surface area (Å²) in [4.78, 5) is 0. The van der Waals surface area contributed by atoms with Gasteiger partial charge in [0.2, 0.25) is 0 Å². The van der Waals surface area contributed by atoms with Crippen LogP contribution >= 0.6 is 11.6 Å². The Morgan fingerprint density at radius 3 is 2.52 bits per heavy atom. The monoisotopic (exact) mass is 357 g/mol. The van der Waals surface area contributed by atoms with Gasteiger partial charge in [-0.1, -0.05) is 49.7 Å². The average molecular weight is 358 g/mol. The molecule has 132 valence electrons. The molecule has 0 radical (unpaired) electrons. The highest BCUT2D eigenvalue weighted by molar-refractivity contribution is 6.30. The van der Waals surface area contributed by atoms with Gasteiger partial charge in [0.1, 0.15) is 11.8 Å². The Labute approximate surface area is 154 Å². The standard InChI is InChI=1S/C21H25ClN2O/c1-4-14-6-8-15(9-7-14)18-13-19(24-21(3,5-2)23-18)17-12-16(22)10-11-20(17)25/h6-13,19,23-25H,4-5H2,1-3H3/p+1. The lowest BCUT2D eigenvalue weighted by Crippen LogP contribution is -3.00. The molecule has 0 aliphatic carbocycles. The van der Waals surface area contributed by atoms with E-state index in [9.17, 15) is 5.11 Å². The van der Waals surface area contributed by atoms with E-state index in [-0.39, 0.29) is 17.5 Å². The predicted molar refractivity (Wildman–Crippen MR) is 103 cm³/mol. The smallest absolute Gasteiger partial charge is 0.166 e. The topological polar surface area (TPSA) is 48.9 Å². The van der Waals surface area contributed by atoms with Crippen molar-refractivity contribution in [2.75, 3.05) is 0 Å². The van der Waals surface area contributed by atoms with Gasteiger partial charge in [0, 0.05) is 30.1 Å². The Morgan fingerprint density at radius 1 is 1.16 bits per heavy atom. The Balaban J connectivity index is 2.03. The lowest BCUT2D eigenvalue weighted by atomic mass is 9.94. The van der Waals surface area contributed by atoms with Gasteiger partial charge < -0.3 is 15.7 Å². The van der Waals surface area contributed by atoms with E-state index in [1.807, 2.05) is 6.07 Å². The fourth-order valence-electron chi connectivity index (χ4n) is 3.28. The van der Waals surface area contributed by atoms with E-state index in [4.69, 9.17) is 11.6 Å². The van der Waals surface area contributed by atoms with E-state index in [2.05, 4.69) is 61.7 Å². The molecule has 2 aromatic carbocycles. The third-order valence-corrected chi connectivity index (χ3v) is 5.31. The van der Waals surface area contributed by atoms with Gasteiger partial charge in [-0.05, 0) is 35.7 Å². The molecule has 0 saturated heterocycles. The first-order valence-electron chi connectivity index (χ1n) is 8.88. The van der Waals surface area contributed by atoms with Crippen molar-refractivity contribution in [2.45, 2.75) is 45.3 Å². The van der Waals surface area contributed by atoms with Crippen molar-refractivity contribution in [1.29, 1.82) is 0 Å². The van der Waals surface area contributed by atoms with Crippen LogP contribution < -0.4 is 10.6 Å². The predicted octanol–water partition coefficient (Wildman–Crippen LogP) is 3.98. The molecule has 25 heavy (non-hydrogen) atoms. The number of nitrogens with one attached hydrogen (secondary N) is 1. The van der Waals surface area contributed by atoms with Crippen LogP contribution in [0.2, 0.25) is 5.02 Å². The molecule has 1 aliphatic heterocycles. The van der Waals surface area contributed by atoms with Crippen molar-refractivity contribution in [1.82, 2.24) is 5.32 Å². The molecule has 0 bridgehead atoms. The van der Waals surface area contributed by atoms with E-state index in [0.29, 0.717) is 5.02 Å². The van der Waals surface area contributed by atoms with Crippen LogP contribution in [0.25, 0.3) is 5.70 Å². The summed E-state index contributed by atoms with van der Waals surface area (Å²) in [5, 5.41) is 16.9. The normalized spacial score (nSPS) is 23.0. The van der Waals surface area contributed by atoms with Crippen molar-refractivity contribution in [3.63, 3.8) is 0 Å². The number of benzene rings is 2. The SMILES string of the molecule is CCc1ccc(C2=CC(c3cc(Cl)ccc3O)[NH2+]C(C)(CC)N2)cc1. The maximum absolute atomic E-state index is 10.3. The second kappa shape index (κ2) is 7.11. The van der Waals surface area contributed by atoms with Gasteiger partial charge >= 0.3 is 0 Å². The Bertz CT molecular complexity index is 785. The number of phenols is 1. The number of aromatic hydroxyl groups is 1. The summed E-state index contributed by atoms with van der Waals surface area (Å²) in [5.74, 6) is 0.280. The first-order chi connectivity index (χ1) is 11.9. The van der Waals surface area contributed by atoms with E-state index in [1.165, 1.54) is 5.56 Å². The molecule has 2 atom stereocenters. The van der Waals surface area contributed by atoms with Crippen LogP contribution in [0.3, 0.4) is 0 Å². The number of aryl methyl sites for hydroxylation is 1. The van der Waals surface area contributed by atoms with Crippen LogP contribution in [0.5, 0.6) is 5.75 Å². The third kappa shape index (κ3) is 3.83. The van der Waals surface area contributed by atoms with Gasteiger partial charge in [0.25, 0.3) is 0 Å². The van der Waals surface area contributed by atoms with Gasteiger partial charge in [-0.3, -0.25) is 0 Å². The quantitative estimate of drug-likeness (QED) is 0.775. The lowest BCUT2D eigenvalue weighted by molar-refractivity contribution is -0.758. The lowest BCUT2D eigenvalue weighted by Gasteiger charge is -2.37. The first-order valence-corrected chi connectivity index (χ1v) is 9.25. The number of quaternary nitrogens is 1. The minimum atomic E-state index is -0.146. The minimum absolute atomic E-state index is 0.00533. The van der Waals surface area contributed by atoms with Crippen LogP contribution in [0, 0.1) is 0 Å². The second-order valence-corrected chi connectivity index (χ2v) is 7.36. The molecule has 4 N–H and O–H groups in total. The number of nitrogens with two attached hydrogens (primary N) is 1. The maximum Gasteiger partial charge on any atom is 0.166 e. The molecule has 0 saturated carbocycles. The van der Waals surface area contributed by atoms with Crippen LogP contribution in [-0.2, 0) is 6.42 Å². The molecule has 1 heterocycles. The third-order valence-electron chi connectivity index (χ3n) is 5.07. The molecule has 3 rings (SSSR count). The molecular weight excluding hydrogens is 332 g/mol. The molecule has 0 fully saturated rings. The zero-order valence-electron chi connectivity index (χ0n) is 15.0. The average Bonchev–Trinajstić information content (AvgIpc) is 2.63. The molecule has 4 heteroatoms. The van der Waals surface area contributed by atoms with E-state index < -0.39 is 0 Å². The number of phenolic OH excluding ortho intramolecular Hbond substituents is 1. The molecule has 0 spiro atoms. The second-order valence-electron chi connectivity index (χ2n) is 6.92. The largest absolute Gasteiger partial charge is 0.507 e. The van der Waals surface area contributed by atoms with Crippen molar-refractivity contribution in [3.8, 4) is 5.75 Å². The Hall–Kier alpha value is -1.97. The van der Waals surface area contributed by atoms with Crippen LogP contribution in [-0.4, -0.2) is 10.8 Å². The highest BCUT2D eigenvalue weighted by Gasteiger charge is 2.36. The van der Waals surface area contributed by atoms with Crippen LogP contribution in [0.15, 0.2) is 48.5 Å². The van der Waals surface area contributed by atoms with Crippen molar-refractivity contribution < 1.29 is 10.4 Å². The van der Waals surface area contributed by atoms with Crippen molar-refractivity contribution >= 4 is 17.3 Å². The summed E-state index contributed by atoms with van der Waals surface area (Å²) >= 11 is 6.17. The molecule has 2 unspecified atom stereocenters. The summed E-state index contributed by atoms with van der Waals surface area (Å²) < 4.78 is 0. The minimum Gasteiger partial charge on any atom is -0.507 e. The fraction of sp³-hybridized carbons (Fsp3) is 0.333. The van der Waals surface area contributed by atoms with Crippen LogP contribution in [0.1, 0.15) is 49.9 Å². The van der Waals surface area contributed by atoms with Crippen molar-refractivity contribution in [3.05, 3.63) is 70.3 Å². The van der Waals surface area contributed by atoms with Gasteiger partial charge in [0.15, 0.2) is 5.66 Å². The van der Waals surface area contributed by atoms with Gasteiger partial charge in [0.05, 0.1) is 5.56 Å². The summed E-state index contributed by atoms with van der Waals surface area (Å²) in [6.07, 6.45) is 4.16. The number of halogens is 1. The molecule has 1 aliphatic rings. The molecule has 0 aromatic heterocycles. The molecule has 0 amide bonds. The number of hydrogen-bond acceptors (Lipinski definition) is 2. The van der Waals surface area contributed by atoms with E-state index in [0.717, 1.165) is 29.7 Å². The zero-order chi connectivity index (χ0) is 18.0. The van der Waals surface area contributed by atoms with Gasteiger partial charge in [-0.15, -0.1) is 0 Å². The summed E-state index contributed by atoms with van der Waals surface area (Å²) in [6.45, 7) is 6.52. The molecular formula is C21H26ClN2O+. The summed E-state index contributed by atoms with van der Waals surface area (Å²) in [5.41, 5.74) is 4.29. The Morgan fingerprint density at radius 2 is 1.88 bits per heavy atom. The summed E-state index contributed by atoms with van der Waals surface area (Å²) in [7, 11) is 0. The number of hydrogen-bond donors (Lipinski definition) is 3.